The van der Waals surface area contributed by atoms with Gasteiger partial charge in [0, 0.05) is 6.07 Å². The van der Waals surface area contributed by atoms with E-state index < -0.39 is 28.7 Å². The van der Waals surface area contributed by atoms with Crippen molar-refractivity contribution < 1.29 is 18.0 Å². The van der Waals surface area contributed by atoms with Crippen molar-refractivity contribution in [3.05, 3.63) is 63.3 Å². The normalized spacial score (nSPS) is 14.0. The maximum Gasteiger partial charge on any atom is 0.416 e. The number of nitrogens with one attached hydrogen (secondary N) is 2. The molecule has 0 bridgehead atoms. The Morgan fingerprint density at radius 2 is 1.76 bits per heavy atom. The lowest BCUT2D eigenvalue weighted by Gasteiger charge is -2.30. The maximum absolute atomic E-state index is 12.7. The predicted molar refractivity (Wildman–Crippen MR) is 86.1 cm³/mol. The standard InChI is InChI=1S/C17H18F3N3O2/c1-4-16(3,11-5-7-12(8-6-11)17(18,19)20)23-15(25)13-9-14(24)22-10(2)21-13/h5-9H,4H2,1-3H3,(H,23,25)(H,21,22,24)/t16-/m0/s1. The average Bonchev–Trinajstić information content (AvgIpc) is 2.53. The van der Waals surface area contributed by atoms with E-state index in [4.69, 9.17) is 0 Å². The summed E-state index contributed by atoms with van der Waals surface area (Å²) < 4.78 is 38.1. The molecular weight excluding hydrogens is 335 g/mol. The highest BCUT2D eigenvalue weighted by Gasteiger charge is 2.32. The smallest absolute Gasteiger partial charge is 0.341 e. The Hall–Kier alpha value is -2.64. The van der Waals surface area contributed by atoms with Crippen LogP contribution in [0.4, 0.5) is 13.2 Å². The zero-order valence-corrected chi connectivity index (χ0v) is 14.0. The van der Waals surface area contributed by atoms with Gasteiger partial charge in [-0.1, -0.05) is 19.1 Å². The molecule has 2 aromatic rings. The Balaban J connectivity index is 2.30. The molecule has 1 amide bonds. The van der Waals surface area contributed by atoms with Crippen molar-refractivity contribution in [1.29, 1.82) is 0 Å². The van der Waals surface area contributed by atoms with Crippen LogP contribution in [0.25, 0.3) is 0 Å². The molecule has 0 saturated heterocycles. The molecule has 1 heterocycles. The highest BCUT2D eigenvalue weighted by Crippen LogP contribution is 2.32. The first-order valence-corrected chi connectivity index (χ1v) is 7.63. The fraction of sp³-hybridized carbons (Fsp3) is 0.353. The topological polar surface area (TPSA) is 74.8 Å². The number of hydrogen-bond donors (Lipinski definition) is 2. The van der Waals surface area contributed by atoms with E-state index in [-0.39, 0.29) is 5.69 Å². The number of alkyl halides is 3. The van der Waals surface area contributed by atoms with Crippen molar-refractivity contribution in [2.24, 2.45) is 0 Å². The second-order valence-corrected chi connectivity index (χ2v) is 5.93. The largest absolute Gasteiger partial charge is 0.416 e. The van der Waals surface area contributed by atoms with Crippen LogP contribution in [0.15, 0.2) is 35.1 Å². The second-order valence-electron chi connectivity index (χ2n) is 5.93. The van der Waals surface area contributed by atoms with Gasteiger partial charge in [0.15, 0.2) is 0 Å². The summed E-state index contributed by atoms with van der Waals surface area (Å²) in [5, 5.41) is 2.75. The molecule has 0 fully saturated rings. The number of hydrogen-bond acceptors (Lipinski definition) is 3. The molecule has 1 atom stereocenters. The molecule has 0 unspecified atom stereocenters. The summed E-state index contributed by atoms with van der Waals surface area (Å²) >= 11 is 0. The fourth-order valence-corrected chi connectivity index (χ4v) is 2.40. The van der Waals surface area contributed by atoms with Gasteiger partial charge in [-0.3, -0.25) is 9.59 Å². The number of carbonyl (C=O) groups excluding carboxylic acids is 1. The van der Waals surface area contributed by atoms with E-state index in [0.717, 1.165) is 18.2 Å². The van der Waals surface area contributed by atoms with Crippen LogP contribution in [-0.4, -0.2) is 15.9 Å². The summed E-state index contributed by atoms with van der Waals surface area (Å²) in [6.07, 6.45) is -3.98. The minimum Gasteiger partial charge on any atom is -0.341 e. The van der Waals surface area contributed by atoms with Crippen molar-refractivity contribution in [3.63, 3.8) is 0 Å². The van der Waals surface area contributed by atoms with Gasteiger partial charge in [-0.2, -0.15) is 13.2 Å². The summed E-state index contributed by atoms with van der Waals surface area (Å²) in [4.78, 5) is 30.3. The van der Waals surface area contributed by atoms with Gasteiger partial charge in [-0.25, -0.2) is 4.98 Å². The SMILES string of the molecule is CC[C@](C)(NC(=O)c1cc(=O)[nH]c(C)n1)c1ccc(C(F)(F)F)cc1. The number of aromatic amines is 1. The minimum atomic E-state index is -4.42. The van der Waals surface area contributed by atoms with Crippen molar-refractivity contribution in [2.75, 3.05) is 0 Å². The summed E-state index contributed by atoms with van der Waals surface area (Å²) in [6.45, 7) is 5.05. The van der Waals surface area contributed by atoms with Crippen molar-refractivity contribution in [1.82, 2.24) is 15.3 Å². The Bertz CT molecular complexity index is 828. The molecule has 0 spiro atoms. The average molecular weight is 353 g/mol. The van der Waals surface area contributed by atoms with Crippen LogP contribution < -0.4 is 10.9 Å². The molecule has 0 aliphatic rings. The lowest BCUT2D eigenvalue weighted by molar-refractivity contribution is -0.137. The zero-order chi connectivity index (χ0) is 18.8. The van der Waals surface area contributed by atoms with Crippen molar-refractivity contribution in [2.45, 2.75) is 38.9 Å². The molecule has 25 heavy (non-hydrogen) atoms. The van der Waals surface area contributed by atoms with E-state index in [2.05, 4.69) is 15.3 Å². The van der Waals surface area contributed by atoms with Crippen LogP contribution in [-0.2, 0) is 11.7 Å². The maximum atomic E-state index is 12.7. The van der Waals surface area contributed by atoms with Crippen LogP contribution in [0, 0.1) is 6.92 Å². The first kappa shape index (κ1) is 18.7. The highest BCUT2D eigenvalue weighted by atomic mass is 19.4. The number of H-pyrrole nitrogens is 1. The Morgan fingerprint density at radius 1 is 1.20 bits per heavy atom. The van der Waals surface area contributed by atoms with Gasteiger partial charge in [0.25, 0.3) is 11.5 Å². The minimum absolute atomic E-state index is 0.0483. The number of benzene rings is 1. The first-order valence-electron chi connectivity index (χ1n) is 7.63. The second kappa shape index (κ2) is 6.70. The van der Waals surface area contributed by atoms with Gasteiger partial charge in [-0.15, -0.1) is 0 Å². The van der Waals surface area contributed by atoms with E-state index in [1.165, 1.54) is 12.1 Å². The number of aryl methyl sites for hydroxylation is 1. The third kappa shape index (κ3) is 4.26. The number of rotatable bonds is 4. The third-order valence-electron chi connectivity index (χ3n) is 4.04. The van der Waals surface area contributed by atoms with Gasteiger partial charge < -0.3 is 10.3 Å². The predicted octanol–water partition coefficient (Wildman–Crippen LogP) is 3.15. The lowest BCUT2D eigenvalue weighted by atomic mass is 9.88. The monoisotopic (exact) mass is 353 g/mol. The first-order chi connectivity index (χ1) is 11.5. The summed E-state index contributed by atoms with van der Waals surface area (Å²) in [6, 6.07) is 5.70. The number of carbonyl (C=O) groups is 1. The summed E-state index contributed by atoms with van der Waals surface area (Å²) in [5.41, 5.74) is -1.64. The van der Waals surface area contributed by atoms with E-state index >= 15 is 0 Å². The Morgan fingerprint density at radius 3 is 2.24 bits per heavy atom. The van der Waals surface area contributed by atoms with Gasteiger partial charge in [0.1, 0.15) is 11.5 Å². The molecule has 0 aliphatic heterocycles. The molecule has 134 valence electrons. The van der Waals surface area contributed by atoms with Gasteiger partial charge in [0.2, 0.25) is 0 Å². The summed E-state index contributed by atoms with van der Waals surface area (Å²) in [5.74, 6) is -0.274. The molecule has 0 radical (unpaired) electrons. The molecule has 8 heteroatoms. The number of nitrogens with zero attached hydrogens (tertiary/aromatic N) is 1. The number of aromatic nitrogens is 2. The van der Waals surface area contributed by atoms with Crippen LogP contribution in [0.5, 0.6) is 0 Å². The molecule has 0 saturated carbocycles. The lowest BCUT2D eigenvalue weighted by Crippen LogP contribution is -2.43. The van der Waals surface area contributed by atoms with Crippen LogP contribution in [0.3, 0.4) is 0 Å². The van der Waals surface area contributed by atoms with Crippen molar-refractivity contribution in [3.8, 4) is 0 Å². The molecule has 0 aliphatic carbocycles. The number of halogens is 3. The third-order valence-corrected chi connectivity index (χ3v) is 4.04. The van der Waals surface area contributed by atoms with Crippen LogP contribution in [0.2, 0.25) is 0 Å². The Labute approximate surface area is 142 Å². The Kier molecular flexibility index (Phi) is 5.01. The quantitative estimate of drug-likeness (QED) is 0.887. The van der Waals surface area contributed by atoms with Gasteiger partial charge in [-0.05, 0) is 38.0 Å². The zero-order valence-electron chi connectivity index (χ0n) is 14.0. The van der Waals surface area contributed by atoms with Crippen LogP contribution >= 0.6 is 0 Å². The van der Waals surface area contributed by atoms with Crippen molar-refractivity contribution >= 4 is 5.91 Å². The van der Waals surface area contributed by atoms with E-state index in [9.17, 15) is 22.8 Å². The van der Waals surface area contributed by atoms with Gasteiger partial charge in [0.05, 0.1) is 11.1 Å². The molecular formula is C17H18F3N3O2. The molecule has 2 rings (SSSR count). The van der Waals surface area contributed by atoms with E-state index in [1.807, 2.05) is 0 Å². The number of amides is 1. The molecule has 1 aromatic heterocycles. The van der Waals surface area contributed by atoms with E-state index in [0.29, 0.717) is 17.8 Å². The molecule has 5 nitrogen and oxygen atoms in total. The molecule has 1 aromatic carbocycles. The molecule has 2 N–H and O–H groups in total. The van der Waals surface area contributed by atoms with Crippen LogP contribution in [0.1, 0.15) is 47.7 Å². The highest BCUT2D eigenvalue weighted by molar-refractivity contribution is 5.92. The van der Waals surface area contributed by atoms with E-state index in [1.54, 1.807) is 20.8 Å². The summed E-state index contributed by atoms with van der Waals surface area (Å²) in [7, 11) is 0. The fourth-order valence-electron chi connectivity index (χ4n) is 2.40. The van der Waals surface area contributed by atoms with Gasteiger partial charge >= 0.3 is 6.18 Å².